The Kier molecular flexibility index (Phi) is 10.4. The molecule has 0 aliphatic heterocycles. The molecule has 0 amide bonds. The van der Waals surface area contributed by atoms with Crippen molar-refractivity contribution in [3.8, 4) is 0 Å². The van der Waals surface area contributed by atoms with Crippen molar-refractivity contribution in [2.24, 2.45) is 0 Å². The molecular formula is C31H32F2O4. The van der Waals surface area contributed by atoms with Crippen LogP contribution in [-0.2, 0) is 9.59 Å². The smallest absolute Gasteiger partial charge is 0.200 e. The summed E-state index contributed by atoms with van der Waals surface area (Å²) in [5.74, 6) is -5.06. The van der Waals surface area contributed by atoms with E-state index in [0.717, 1.165) is 43.9 Å². The van der Waals surface area contributed by atoms with Crippen LogP contribution in [0.15, 0.2) is 71.3 Å². The second-order valence-electron chi connectivity index (χ2n) is 9.30. The van der Waals surface area contributed by atoms with Crippen molar-refractivity contribution in [1.82, 2.24) is 0 Å². The van der Waals surface area contributed by atoms with Gasteiger partial charge in [0.2, 0.25) is 0 Å². The van der Waals surface area contributed by atoms with Crippen LogP contribution in [0.25, 0.3) is 0 Å². The molecular weight excluding hydrogens is 474 g/mol. The summed E-state index contributed by atoms with van der Waals surface area (Å²) in [6, 6.07) is 10.4. The Morgan fingerprint density at radius 1 is 0.676 bits per heavy atom. The molecule has 37 heavy (non-hydrogen) atoms. The van der Waals surface area contributed by atoms with Gasteiger partial charge in [0.25, 0.3) is 0 Å². The average Bonchev–Trinajstić information content (AvgIpc) is 2.89. The first-order valence-corrected chi connectivity index (χ1v) is 13.0. The SMILES string of the molecule is CCCCCCCCCCCC1=C(C(=O)c2ccccc2F)C(=O)C=C(C(=O)c2ccccc2F)C1=O. The molecule has 6 heteroatoms. The second-order valence-corrected chi connectivity index (χ2v) is 9.30. The van der Waals surface area contributed by atoms with E-state index in [2.05, 4.69) is 6.92 Å². The molecule has 0 saturated heterocycles. The van der Waals surface area contributed by atoms with Crippen LogP contribution in [0.2, 0.25) is 0 Å². The Balaban J connectivity index is 1.83. The van der Waals surface area contributed by atoms with Crippen molar-refractivity contribution >= 4 is 23.1 Å². The van der Waals surface area contributed by atoms with Crippen molar-refractivity contribution < 1.29 is 28.0 Å². The molecule has 1 aliphatic carbocycles. The number of carbonyl (C=O) groups is 4. The van der Waals surface area contributed by atoms with Gasteiger partial charge in [0.05, 0.1) is 22.3 Å². The molecule has 0 atom stereocenters. The summed E-state index contributed by atoms with van der Waals surface area (Å²) in [7, 11) is 0. The van der Waals surface area contributed by atoms with Crippen LogP contribution >= 0.6 is 0 Å². The highest BCUT2D eigenvalue weighted by Crippen LogP contribution is 2.29. The predicted molar refractivity (Wildman–Crippen MR) is 138 cm³/mol. The van der Waals surface area contributed by atoms with Crippen LogP contribution in [0.3, 0.4) is 0 Å². The van der Waals surface area contributed by atoms with Crippen LogP contribution in [0.4, 0.5) is 8.78 Å². The van der Waals surface area contributed by atoms with Crippen LogP contribution < -0.4 is 0 Å². The molecule has 0 spiro atoms. The molecule has 0 fully saturated rings. The van der Waals surface area contributed by atoms with Gasteiger partial charge < -0.3 is 0 Å². The first-order chi connectivity index (χ1) is 17.9. The molecule has 0 N–H and O–H groups in total. The summed E-state index contributed by atoms with van der Waals surface area (Å²) in [5, 5.41) is 0. The molecule has 0 radical (unpaired) electrons. The lowest BCUT2D eigenvalue weighted by atomic mass is 9.81. The maximum Gasteiger partial charge on any atom is 0.200 e. The Morgan fingerprint density at radius 3 is 1.70 bits per heavy atom. The molecule has 0 unspecified atom stereocenters. The molecule has 2 aromatic rings. The summed E-state index contributed by atoms with van der Waals surface area (Å²) < 4.78 is 28.6. The van der Waals surface area contributed by atoms with Gasteiger partial charge in [-0.05, 0) is 37.1 Å². The van der Waals surface area contributed by atoms with E-state index in [-0.39, 0.29) is 23.1 Å². The largest absolute Gasteiger partial charge is 0.289 e. The van der Waals surface area contributed by atoms with E-state index in [4.69, 9.17) is 0 Å². The number of ketones is 4. The molecule has 0 bridgehead atoms. The van der Waals surface area contributed by atoms with Gasteiger partial charge in [0, 0.05) is 11.6 Å². The van der Waals surface area contributed by atoms with Gasteiger partial charge in [-0.1, -0.05) is 82.6 Å². The molecule has 0 saturated carbocycles. The molecule has 2 aromatic carbocycles. The fourth-order valence-corrected chi connectivity index (χ4v) is 4.53. The Labute approximate surface area is 216 Å². The number of halogens is 2. The van der Waals surface area contributed by atoms with Crippen LogP contribution in [0.1, 0.15) is 91.8 Å². The van der Waals surface area contributed by atoms with Crippen molar-refractivity contribution in [1.29, 1.82) is 0 Å². The first kappa shape index (κ1) is 28.0. The van der Waals surface area contributed by atoms with Crippen molar-refractivity contribution in [2.45, 2.75) is 71.1 Å². The summed E-state index contributed by atoms with van der Waals surface area (Å²) in [4.78, 5) is 52.7. The van der Waals surface area contributed by atoms with E-state index in [1.54, 1.807) is 0 Å². The minimum absolute atomic E-state index is 0.0951. The van der Waals surface area contributed by atoms with Crippen molar-refractivity contribution in [2.75, 3.05) is 0 Å². The lowest BCUT2D eigenvalue weighted by Gasteiger charge is -2.19. The monoisotopic (exact) mass is 506 g/mol. The summed E-state index contributed by atoms with van der Waals surface area (Å²) >= 11 is 0. The molecule has 3 rings (SSSR count). The number of benzene rings is 2. The van der Waals surface area contributed by atoms with Crippen LogP contribution in [0, 0.1) is 11.6 Å². The highest BCUT2D eigenvalue weighted by Gasteiger charge is 2.36. The Morgan fingerprint density at radius 2 is 1.16 bits per heavy atom. The van der Waals surface area contributed by atoms with E-state index >= 15 is 0 Å². The van der Waals surface area contributed by atoms with E-state index in [1.807, 2.05) is 0 Å². The van der Waals surface area contributed by atoms with E-state index in [9.17, 15) is 28.0 Å². The molecule has 194 valence electrons. The number of hydrogen-bond donors (Lipinski definition) is 0. The van der Waals surface area contributed by atoms with Gasteiger partial charge in [-0.25, -0.2) is 8.78 Å². The fraction of sp³-hybridized carbons (Fsp3) is 0.355. The highest BCUT2D eigenvalue weighted by atomic mass is 19.1. The number of Topliss-reactive ketones (excluding diaryl/α,β-unsaturated/α-hetero) is 3. The van der Waals surface area contributed by atoms with Crippen LogP contribution in [0.5, 0.6) is 0 Å². The Bertz CT molecular complexity index is 1240. The van der Waals surface area contributed by atoms with Gasteiger partial charge in [0.1, 0.15) is 11.6 Å². The third-order valence-corrected chi connectivity index (χ3v) is 6.58. The van der Waals surface area contributed by atoms with Crippen LogP contribution in [-0.4, -0.2) is 23.1 Å². The number of unbranched alkanes of at least 4 members (excludes halogenated alkanes) is 8. The molecule has 0 heterocycles. The maximum absolute atomic E-state index is 14.4. The maximum atomic E-state index is 14.4. The number of rotatable bonds is 14. The number of hydrogen-bond acceptors (Lipinski definition) is 4. The lowest BCUT2D eigenvalue weighted by Crippen LogP contribution is -2.28. The second kappa shape index (κ2) is 13.7. The number of carbonyl (C=O) groups excluding carboxylic acids is 4. The quantitative estimate of drug-likeness (QED) is 0.116. The van der Waals surface area contributed by atoms with Crippen molar-refractivity contribution in [3.63, 3.8) is 0 Å². The van der Waals surface area contributed by atoms with E-state index in [1.165, 1.54) is 62.1 Å². The average molecular weight is 507 g/mol. The van der Waals surface area contributed by atoms with E-state index in [0.29, 0.717) is 6.42 Å². The van der Waals surface area contributed by atoms with Crippen molar-refractivity contribution in [3.05, 3.63) is 94.1 Å². The molecule has 4 nitrogen and oxygen atoms in total. The lowest BCUT2D eigenvalue weighted by molar-refractivity contribution is -0.115. The third kappa shape index (κ3) is 7.03. The summed E-state index contributed by atoms with van der Waals surface area (Å²) in [5.41, 5.74) is -1.66. The van der Waals surface area contributed by atoms with E-state index < -0.39 is 45.9 Å². The van der Waals surface area contributed by atoms with Gasteiger partial charge in [0.15, 0.2) is 23.1 Å². The minimum Gasteiger partial charge on any atom is -0.289 e. The zero-order valence-electron chi connectivity index (χ0n) is 21.2. The van der Waals surface area contributed by atoms with Gasteiger partial charge in [-0.3, -0.25) is 19.2 Å². The minimum atomic E-state index is -0.918. The zero-order valence-corrected chi connectivity index (χ0v) is 21.2. The first-order valence-electron chi connectivity index (χ1n) is 13.0. The standard InChI is InChI=1S/C31H32F2O4/c1-2-3-4-5-6-7-8-9-10-17-23-28(31(37)22-16-12-14-19-26(22)33)27(34)20-24(30(23)36)29(35)21-15-11-13-18-25(21)32/h11-16,18-20H,2-10,17H2,1H3. The highest BCUT2D eigenvalue weighted by molar-refractivity contribution is 6.43. The summed E-state index contributed by atoms with van der Waals surface area (Å²) in [6.07, 6.45) is 10.1. The third-order valence-electron chi connectivity index (χ3n) is 6.58. The topological polar surface area (TPSA) is 68.3 Å². The Hall–Kier alpha value is -3.54. The fourth-order valence-electron chi connectivity index (χ4n) is 4.53. The normalized spacial score (nSPS) is 13.6. The molecule has 1 aliphatic rings. The zero-order chi connectivity index (χ0) is 26.8. The predicted octanol–water partition coefficient (Wildman–Crippen LogP) is 7.33. The van der Waals surface area contributed by atoms with Gasteiger partial charge in [-0.2, -0.15) is 0 Å². The summed E-state index contributed by atoms with van der Waals surface area (Å²) in [6.45, 7) is 2.17. The van der Waals surface area contributed by atoms with Gasteiger partial charge in [-0.15, -0.1) is 0 Å². The molecule has 0 aromatic heterocycles. The van der Waals surface area contributed by atoms with Gasteiger partial charge >= 0.3 is 0 Å². The number of allylic oxidation sites excluding steroid dienone is 4.